The molecule has 0 spiro atoms. The van der Waals surface area contributed by atoms with E-state index in [9.17, 15) is 26.8 Å². The van der Waals surface area contributed by atoms with Gasteiger partial charge in [-0.1, -0.05) is 17.7 Å². The number of nitrogens with one attached hydrogen (secondary N) is 1. The lowest BCUT2D eigenvalue weighted by Gasteiger charge is -2.19. The predicted molar refractivity (Wildman–Crippen MR) is 131 cm³/mol. The molecule has 1 atom stereocenters. The fraction of sp³-hybridized carbons (Fsp3) is 0.240. The van der Waals surface area contributed by atoms with Crippen LogP contribution in [0.2, 0.25) is 5.02 Å². The van der Waals surface area contributed by atoms with Crippen LogP contribution in [-0.4, -0.2) is 31.2 Å². The van der Waals surface area contributed by atoms with Crippen molar-refractivity contribution in [2.75, 3.05) is 0 Å². The van der Waals surface area contributed by atoms with Crippen LogP contribution in [0.3, 0.4) is 0 Å². The first-order valence-corrected chi connectivity index (χ1v) is 12.7. The number of halogens is 3. The standard InChI is InChI=1S/C25H23ClF2N2O6S/c1-25(2,3)36-24(32)30-23(31)35-14-15-4-11-21(29-13-15)22(19-12-17(27)7-10-20(19)28)37(33,34)18-8-5-16(26)6-9-18/h4-13,22H,14H2,1-3H3,(H,30,31,32). The van der Waals surface area contributed by atoms with E-state index in [1.165, 1.54) is 42.6 Å². The first-order valence-electron chi connectivity index (χ1n) is 10.8. The van der Waals surface area contributed by atoms with Gasteiger partial charge in [0.25, 0.3) is 0 Å². The number of benzene rings is 2. The van der Waals surface area contributed by atoms with E-state index in [1.54, 1.807) is 20.8 Å². The molecule has 0 radical (unpaired) electrons. The molecule has 0 fully saturated rings. The second-order valence-corrected chi connectivity index (χ2v) is 11.3. The minimum absolute atomic E-state index is 0.0959. The number of pyridine rings is 1. The molecule has 1 aromatic heterocycles. The Morgan fingerprint density at radius 1 is 1.03 bits per heavy atom. The van der Waals surface area contributed by atoms with Crippen LogP contribution >= 0.6 is 11.6 Å². The number of sulfone groups is 1. The maximum atomic E-state index is 14.7. The summed E-state index contributed by atoms with van der Waals surface area (Å²) in [5, 5.41) is 0.514. The number of hydrogen-bond acceptors (Lipinski definition) is 7. The van der Waals surface area contributed by atoms with Gasteiger partial charge in [0.05, 0.1) is 10.6 Å². The van der Waals surface area contributed by atoms with Crippen molar-refractivity contribution in [1.29, 1.82) is 0 Å². The number of alkyl carbamates (subject to hydrolysis) is 2. The zero-order valence-corrected chi connectivity index (χ0v) is 21.6. The van der Waals surface area contributed by atoms with Gasteiger partial charge in [0.1, 0.15) is 29.1 Å². The number of nitrogens with zero attached hydrogens (tertiary/aromatic N) is 1. The Labute approximate surface area is 217 Å². The summed E-state index contributed by atoms with van der Waals surface area (Å²) < 4.78 is 65.7. The molecule has 3 rings (SSSR count). The molecular weight excluding hydrogens is 530 g/mol. The van der Waals surface area contributed by atoms with E-state index in [2.05, 4.69) is 4.98 Å². The zero-order valence-electron chi connectivity index (χ0n) is 20.0. The Morgan fingerprint density at radius 3 is 2.30 bits per heavy atom. The number of imide groups is 1. The third kappa shape index (κ3) is 7.46. The van der Waals surface area contributed by atoms with Crippen molar-refractivity contribution in [1.82, 2.24) is 10.3 Å². The van der Waals surface area contributed by atoms with Crippen molar-refractivity contribution in [3.8, 4) is 0 Å². The molecule has 2 amide bonds. The van der Waals surface area contributed by atoms with Crippen LogP contribution in [0.4, 0.5) is 18.4 Å². The van der Waals surface area contributed by atoms with Gasteiger partial charge < -0.3 is 9.47 Å². The molecule has 0 aliphatic rings. The molecule has 37 heavy (non-hydrogen) atoms. The lowest BCUT2D eigenvalue weighted by Crippen LogP contribution is -2.36. The molecule has 0 saturated carbocycles. The molecule has 2 aromatic carbocycles. The highest BCUT2D eigenvalue weighted by Gasteiger charge is 2.34. The molecule has 0 bridgehead atoms. The number of aromatic nitrogens is 1. The molecule has 0 saturated heterocycles. The highest BCUT2D eigenvalue weighted by atomic mass is 35.5. The SMILES string of the molecule is CC(C)(C)OC(=O)NC(=O)OCc1ccc(C(c2cc(F)ccc2F)S(=O)(=O)c2ccc(Cl)cc2)nc1. The van der Waals surface area contributed by atoms with E-state index in [0.29, 0.717) is 10.6 Å². The molecule has 12 heteroatoms. The summed E-state index contributed by atoms with van der Waals surface area (Å²) in [5.41, 5.74) is -0.997. The highest BCUT2D eigenvalue weighted by Crippen LogP contribution is 2.36. The van der Waals surface area contributed by atoms with Crippen LogP contribution in [0.15, 0.2) is 65.7 Å². The minimum Gasteiger partial charge on any atom is -0.444 e. The Bertz CT molecular complexity index is 1390. The topological polar surface area (TPSA) is 112 Å². The zero-order chi connectivity index (χ0) is 27.4. The first-order chi connectivity index (χ1) is 17.3. The van der Waals surface area contributed by atoms with Gasteiger partial charge in [-0.15, -0.1) is 0 Å². The van der Waals surface area contributed by atoms with E-state index in [1.807, 2.05) is 5.32 Å². The van der Waals surface area contributed by atoms with Crippen LogP contribution < -0.4 is 5.32 Å². The van der Waals surface area contributed by atoms with Gasteiger partial charge in [-0.2, -0.15) is 0 Å². The second kappa shape index (κ2) is 11.2. The Hall–Kier alpha value is -3.57. The average molecular weight is 553 g/mol. The Kier molecular flexibility index (Phi) is 8.49. The molecular formula is C25H23ClF2N2O6S. The largest absolute Gasteiger partial charge is 0.444 e. The minimum atomic E-state index is -4.30. The second-order valence-electron chi connectivity index (χ2n) is 8.84. The maximum absolute atomic E-state index is 14.7. The summed E-state index contributed by atoms with van der Waals surface area (Å²) >= 11 is 5.86. The number of amides is 2. The quantitative estimate of drug-likeness (QED) is 0.415. The summed E-state index contributed by atoms with van der Waals surface area (Å²) in [6.45, 7) is 4.56. The Balaban J connectivity index is 1.86. The van der Waals surface area contributed by atoms with E-state index < -0.39 is 50.1 Å². The predicted octanol–water partition coefficient (Wildman–Crippen LogP) is 5.74. The third-order valence-electron chi connectivity index (χ3n) is 4.78. The fourth-order valence-corrected chi connectivity index (χ4v) is 5.10. The number of hydrogen-bond donors (Lipinski definition) is 1. The van der Waals surface area contributed by atoms with Gasteiger partial charge in [-0.05, 0) is 69.3 Å². The number of rotatable bonds is 6. The number of carbonyl (C=O) groups is 2. The van der Waals surface area contributed by atoms with Crippen molar-refractivity contribution in [3.05, 3.63) is 94.3 Å². The van der Waals surface area contributed by atoms with Crippen LogP contribution in [0, 0.1) is 11.6 Å². The van der Waals surface area contributed by atoms with Gasteiger partial charge >= 0.3 is 12.2 Å². The lowest BCUT2D eigenvalue weighted by atomic mass is 10.1. The normalized spacial score (nSPS) is 12.5. The number of ether oxygens (including phenoxy) is 2. The van der Waals surface area contributed by atoms with Gasteiger partial charge in [0, 0.05) is 22.3 Å². The Morgan fingerprint density at radius 2 is 1.70 bits per heavy atom. The first kappa shape index (κ1) is 28.0. The summed E-state index contributed by atoms with van der Waals surface area (Å²) in [7, 11) is -4.30. The van der Waals surface area contributed by atoms with Crippen molar-refractivity contribution in [2.45, 2.75) is 43.1 Å². The van der Waals surface area contributed by atoms with Crippen molar-refractivity contribution in [2.24, 2.45) is 0 Å². The molecule has 0 aliphatic carbocycles. The van der Waals surface area contributed by atoms with Crippen molar-refractivity contribution in [3.63, 3.8) is 0 Å². The average Bonchev–Trinajstić information content (AvgIpc) is 2.80. The summed E-state index contributed by atoms with van der Waals surface area (Å²) in [4.78, 5) is 27.4. The maximum Gasteiger partial charge on any atom is 0.417 e. The van der Waals surface area contributed by atoms with Gasteiger partial charge in [-0.25, -0.2) is 32.1 Å². The summed E-state index contributed by atoms with van der Waals surface area (Å²) in [6, 6.07) is 10.5. The van der Waals surface area contributed by atoms with Gasteiger partial charge in [0.15, 0.2) is 9.84 Å². The van der Waals surface area contributed by atoms with Gasteiger partial charge in [0.2, 0.25) is 0 Å². The molecule has 1 heterocycles. The molecule has 1 N–H and O–H groups in total. The van der Waals surface area contributed by atoms with E-state index in [-0.39, 0.29) is 17.2 Å². The highest BCUT2D eigenvalue weighted by molar-refractivity contribution is 7.91. The molecule has 3 aromatic rings. The van der Waals surface area contributed by atoms with Crippen LogP contribution in [-0.2, 0) is 25.9 Å². The summed E-state index contributed by atoms with van der Waals surface area (Å²) in [5.74, 6) is -1.76. The van der Waals surface area contributed by atoms with E-state index >= 15 is 0 Å². The fourth-order valence-electron chi connectivity index (χ4n) is 3.21. The van der Waals surface area contributed by atoms with E-state index in [0.717, 1.165) is 18.2 Å². The van der Waals surface area contributed by atoms with Crippen molar-refractivity contribution < 1.29 is 36.3 Å². The molecule has 0 aliphatic heterocycles. The van der Waals surface area contributed by atoms with E-state index in [4.69, 9.17) is 21.1 Å². The smallest absolute Gasteiger partial charge is 0.417 e. The third-order valence-corrected chi connectivity index (χ3v) is 7.08. The molecule has 196 valence electrons. The van der Waals surface area contributed by atoms with Crippen LogP contribution in [0.25, 0.3) is 0 Å². The number of carbonyl (C=O) groups excluding carboxylic acids is 2. The van der Waals surface area contributed by atoms with Gasteiger partial charge in [-0.3, -0.25) is 4.98 Å². The molecule has 8 nitrogen and oxygen atoms in total. The monoisotopic (exact) mass is 552 g/mol. The van der Waals surface area contributed by atoms with Crippen LogP contribution in [0.5, 0.6) is 0 Å². The molecule has 1 unspecified atom stereocenters. The summed E-state index contributed by atoms with van der Waals surface area (Å²) in [6.07, 6.45) is -0.834. The lowest BCUT2D eigenvalue weighted by molar-refractivity contribution is 0.0506. The van der Waals surface area contributed by atoms with Crippen molar-refractivity contribution >= 4 is 33.6 Å². The van der Waals surface area contributed by atoms with Crippen LogP contribution in [0.1, 0.15) is 42.8 Å².